The first-order chi connectivity index (χ1) is 16.4. The third kappa shape index (κ3) is 3.95. The number of hydrogen-bond acceptors (Lipinski definition) is 6. The number of pyridine rings is 1. The number of rotatable bonds is 5. The minimum absolute atomic E-state index is 0.121. The quantitative estimate of drug-likeness (QED) is 0.333. The van der Waals surface area contributed by atoms with Crippen LogP contribution >= 0.6 is 11.6 Å². The molecule has 34 heavy (non-hydrogen) atoms. The van der Waals surface area contributed by atoms with E-state index >= 15 is 0 Å². The van der Waals surface area contributed by atoms with Crippen LogP contribution in [0.2, 0.25) is 5.02 Å². The Morgan fingerprint density at radius 3 is 2.68 bits per heavy atom. The van der Waals surface area contributed by atoms with Crippen molar-refractivity contribution >= 4 is 29.2 Å². The lowest BCUT2D eigenvalue weighted by Crippen LogP contribution is -2.36. The number of benzene rings is 2. The molecule has 0 fully saturated rings. The highest BCUT2D eigenvalue weighted by atomic mass is 35.5. The number of anilines is 1. The molecule has 10 nitrogen and oxygen atoms in total. The maximum absolute atomic E-state index is 13.1. The molecule has 4 aromatic rings. The highest BCUT2D eigenvalue weighted by Gasteiger charge is 2.36. The van der Waals surface area contributed by atoms with Crippen LogP contribution in [-0.2, 0) is 11.2 Å². The molecule has 1 aliphatic carbocycles. The van der Waals surface area contributed by atoms with Crippen LogP contribution in [0.4, 0.5) is 5.69 Å². The number of tetrazole rings is 1. The van der Waals surface area contributed by atoms with E-state index in [0.717, 1.165) is 10.3 Å². The van der Waals surface area contributed by atoms with Crippen molar-refractivity contribution in [2.75, 3.05) is 5.32 Å². The molecule has 0 radical (unpaired) electrons. The number of halogens is 1. The summed E-state index contributed by atoms with van der Waals surface area (Å²) >= 11 is 6.22. The van der Waals surface area contributed by atoms with Gasteiger partial charge >= 0.3 is 5.97 Å². The largest absolute Gasteiger partial charge is 0.618 e. The molecule has 0 saturated heterocycles. The number of nitrogens with one attached hydrogen (secondary N) is 1. The maximum atomic E-state index is 13.1. The van der Waals surface area contributed by atoms with Crippen LogP contribution in [0.25, 0.3) is 16.8 Å². The topological polar surface area (TPSA) is 137 Å². The second-order valence-corrected chi connectivity index (χ2v) is 8.28. The van der Waals surface area contributed by atoms with Crippen LogP contribution in [0.5, 0.6) is 0 Å². The van der Waals surface area contributed by atoms with Gasteiger partial charge in [0.05, 0.1) is 11.3 Å². The Bertz CT molecular complexity index is 1410. The smallest absolute Gasteiger partial charge is 0.335 e. The van der Waals surface area contributed by atoms with Crippen molar-refractivity contribution in [2.24, 2.45) is 0 Å². The minimum atomic E-state index is -1.05. The molecule has 1 unspecified atom stereocenters. The van der Waals surface area contributed by atoms with Gasteiger partial charge in [0.25, 0.3) is 0 Å². The molecular weight excluding hydrogens is 460 g/mol. The Balaban J connectivity index is 1.45. The van der Waals surface area contributed by atoms with E-state index in [0.29, 0.717) is 46.1 Å². The molecule has 2 N–H and O–H groups in total. The summed E-state index contributed by atoms with van der Waals surface area (Å²) in [7, 11) is 0. The van der Waals surface area contributed by atoms with Gasteiger partial charge in [-0.2, -0.15) is 9.41 Å². The van der Waals surface area contributed by atoms with Crippen molar-refractivity contribution in [3.8, 4) is 16.8 Å². The number of hydrogen-bond donors (Lipinski definition) is 2. The van der Waals surface area contributed by atoms with E-state index in [-0.39, 0.29) is 11.5 Å². The average Bonchev–Trinajstić information content (AvgIpc) is 3.50. The van der Waals surface area contributed by atoms with Gasteiger partial charge in [-0.25, -0.2) is 4.79 Å². The zero-order valence-corrected chi connectivity index (χ0v) is 18.3. The highest BCUT2D eigenvalue weighted by molar-refractivity contribution is 6.31. The van der Waals surface area contributed by atoms with Gasteiger partial charge in [-0.15, -0.1) is 5.10 Å². The van der Waals surface area contributed by atoms with E-state index < -0.39 is 11.9 Å². The van der Waals surface area contributed by atoms with Gasteiger partial charge in [0.1, 0.15) is 12.2 Å². The number of carbonyl (C=O) groups excluding carboxylic acids is 1. The first-order valence-corrected chi connectivity index (χ1v) is 10.7. The minimum Gasteiger partial charge on any atom is -0.618 e. The second kappa shape index (κ2) is 8.56. The molecular formula is C23H17ClN6O4. The molecule has 1 aliphatic rings. The number of amides is 1. The SMILES string of the molecule is O=C(O)c1ccc(NC(=O)C2CCc3cc(-c4cc(Cl)ccc4-n4cnnn4)c[n+]([O-])c32)cc1. The summed E-state index contributed by atoms with van der Waals surface area (Å²) in [6.45, 7) is 0. The first kappa shape index (κ1) is 21.5. The summed E-state index contributed by atoms with van der Waals surface area (Å²) in [6.07, 6.45) is 3.91. The van der Waals surface area contributed by atoms with Crippen LogP contribution < -0.4 is 10.0 Å². The van der Waals surface area contributed by atoms with E-state index in [1.807, 2.05) is 6.07 Å². The van der Waals surface area contributed by atoms with Crippen LogP contribution in [-0.4, -0.2) is 37.2 Å². The Kier molecular flexibility index (Phi) is 5.42. The predicted molar refractivity (Wildman–Crippen MR) is 122 cm³/mol. The summed E-state index contributed by atoms with van der Waals surface area (Å²) in [5.41, 5.74) is 3.72. The molecule has 1 amide bonds. The van der Waals surface area contributed by atoms with Crippen molar-refractivity contribution in [1.29, 1.82) is 0 Å². The number of nitrogens with zero attached hydrogens (tertiary/aromatic N) is 5. The van der Waals surface area contributed by atoms with Gasteiger partial charge in [0.15, 0.2) is 6.20 Å². The van der Waals surface area contributed by atoms with Crippen LogP contribution in [0.15, 0.2) is 61.1 Å². The Labute approximate surface area is 198 Å². The van der Waals surface area contributed by atoms with Gasteiger partial charge in [0, 0.05) is 27.4 Å². The fourth-order valence-electron chi connectivity index (χ4n) is 4.19. The molecule has 1 atom stereocenters. The van der Waals surface area contributed by atoms with Gasteiger partial charge in [-0.1, -0.05) is 11.6 Å². The standard InChI is InChI=1S/C23H17ClN6O4/c24-16-4-8-20(29-12-25-27-28-29)19(10-16)15-9-14-3-7-18(21(14)30(34)11-15)22(31)26-17-5-1-13(2-6-17)23(32)33/h1-2,4-6,8-12,18H,3,7H2,(H,26,31)(H,32,33). The van der Waals surface area contributed by atoms with E-state index in [4.69, 9.17) is 16.7 Å². The van der Waals surface area contributed by atoms with Crippen LogP contribution in [0.1, 0.15) is 34.0 Å². The number of fused-ring (bicyclic) bond motifs is 1. The van der Waals surface area contributed by atoms with Crippen molar-refractivity contribution in [3.05, 3.63) is 88.1 Å². The highest BCUT2D eigenvalue weighted by Crippen LogP contribution is 2.36. The number of aromatic carboxylic acids is 1. The number of carboxylic acid groups (broad SMARTS) is 1. The van der Waals surface area contributed by atoms with Crippen molar-refractivity contribution in [3.63, 3.8) is 0 Å². The third-order valence-electron chi connectivity index (χ3n) is 5.77. The lowest BCUT2D eigenvalue weighted by molar-refractivity contribution is -0.613. The Morgan fingerprint density at radius 2 is 1.97 bits per heavy atom. The summed E-state index contributed by atoms with van der Waals surface area (Å²) < 4.78 is 2.22. The fraction of sp³-hybridized carbons (Fsp3) is 0.130. The van der Waals surface area contributed by atoms with E-state index in [1.54, 1.807) is 18.2 Å². The van der Waals surface area contributed by atoms with E-state index in [9.17, 15) is 14.8 Å². The first-order valence-electron chi connectivity index (χ1n) is 10.3. The molecule has 5 rings (SSSR count). The number of aromatic nitrogens is 5. The van der Waals surface area contributed by atoms with Gasteiger partial charge < -0.3 is 15.6 Å². The molecule has 0 spiro atoms. The zero-order chi connectivity index (χ0) is 23.8. The van der Waals surface area contributed by atoms with Gasteiger partial charge in [-0.3, -0.25) is 4.79 Å². The van der Waals surface area contributed by atoms with Gasteiger partial charge in [-0.05, 0) is 71.8 Å². The zero-order valence-electron chi connectivity index (χ0n) is 17.6. The summed E-state index contributed by atoms with van der Waals surface area (Å²) in [6, 6.07) is 13.0. The van der Waals surface area contributed by atoms with Crippen molar-refractivity contribution < 1.29 is 19.4 Å². The van der Waals surface area contributed by atoms with Crippen LogP contribution in [0.3, 0.4) is 0 Å². The monoisotopic (exact) mass is 476 g/mol. The molecule has 170 valence electrons. The molecule has 0 aliphatic heterocycles. The van der Waals surface area contributed by atoms with Gasteiger partial charge in [0.2, 0.25) is 11.6 Å². The van der Waals surface area contributed by atoms with Crippen molar-refractivity contribution in [1.82, 2.24) is 20.2 Å². The summed E-state index contributed by atoms with van der Waals surface area (Å²) in [5.74, 6) is -2.00. The lowest BCUT2D eigenvalue weighted by Gasteiger charge is -2.14. The molecule has 2 aromatic carbocycles. The second-order valence-electron chi connectivity index (χ2n) is 7.84. The predicted octanol–water partition coefficient (Wildman–Crippen LogP) is 2.98. The lowest BCUT2D eigenvalue weighted by atomic mass is 10.0. The Morgan fingerprint density at radius 1 is 1.18 bits per heavy atom. The summed E-state index contributed by atoms with van der Waals surface area (Å²) in [4.78, 5) is 23.9. The number of carbonyl (C=O) groups is 2. The third-order valence-corrected chi connectivity index (χ3v) is 6.00. The van der Waals surface area contributed by atoms with E-state index in [2.05, 4.69) is 20.8 Å². The maximum Gasteiger partial charge on any atom is 0.335 e. The number of carboxylic acids is 1. The van der Waals surface area contributed by atoms with Crippen molar-refractivity contribution in [2.45, 2.75) is 18.8 Å². The van der Waals surface area contributed by atoms with Crippen LogP contribution in [0, 0.1) is 5.21 Å². The average molecular weight is 477 g/mol. The number of aryl methyl sites for hydroxylation is 1. The Hall–Kier alpha value is -4.31. The molecule has 0 bridgehead atoms. The molecule has 0 saturated carbocycles. The molecule has 2 aromatic heterocycles. The summed E-state index contributed by atoms with van der Waals surface area (Å²) in [5, 5.41) is 36.6. The fourth-order valence-corrected chi connectivity index (χ4v) is 4.36. The van der Waals surface area contributed by atoms with E-state index in [1.165, 1.54) is 41.5 Å². The molecule has 11 heteroatoms. The molecule has 2 heterocycles. The normalized spacial score (nSPS) is 14.6.